The molecule has 124 valence electrons. The summed E-state index contributed by atoms with van der Waals surface area (Å²) < 4.78 is 10.9. The van der Waals surface area contributed by atoms with E-state index in [0.717, 1.165) is 37.2 Å². The highest BCUT2D eigenvalue weighted by Crippen LogP contribution is 2.34. The topological polar surface area (TPSA) is 47.7 Å². The number of aryl methyl sites for hydroxylation is 1. The van der Waals surface area contributed by atoms with Crippen LogP contribution in [0.15, 0.2) is 42.5 Å². The minimum Gasteiger partial charge on any atom is -0.493 e. The number of nitrogens with zero attached hydrogens (tertiary/aromatic N) is 1. The summed E-state index contributed by atoms with van der Waals surface area (Å²) in [5.41, 5.74) is 9.01. The molecule has 0 fully saturated rings. The van der Waals surface area contributed by atoms with Crippen LogP contribution in [0.2, 0.25) is 0 Å². The molecular formula is C19H26N2O2. The molecule has 0 amide bonds. The van der Waals surface area contributed by atoms with Crippen LogP contribution in [0.5, 0.6) is 11.5 Å². The molecule has 0 radical (unpaired) electrons. The zero-order valence-corrected chi connectivity index (χ0v) is 14.2. The van der Waals surface area contributed by atoms with E-state index in [2.05, 4.69) is 36.1 Å². The van der Waals surface area contributed by atoms with Gasteiger partial charge >= 0.3 is 0 Å². The predicted octanol–water partition coefficient (Wildman–Crippen LogP) is 3.75. The molecule has 0 atom stereocenters. The molecule has 0 saturated carbocycles. The molecule has 0 heterocycles. The van der Waals surface area contributed by atoms with Crippen molar-refractivity contribution in [2.75, 3.05) is 37.9 Å². The number of nitrogen functional groups attached to an aromatic ring is 1. The number of anilines is 2. The molecule has 4 nitrogen and oxygen atoms in total. The smallest absolute Gasteiger partial charge is 0.164 e. The van der Waals surface area contributed by atoms with Gasteiger partial charge in [-0.25, -0.2) is 0 Å². The van der Waals surface area contributed by atoms with E-state index in [-0.39, 0.29) is 0 Å². The van der Waals surface area contributed by atoms with E-state index in [1.54, 1.807) is 20.3 Å². The van der Waals surface area contributed by atoms with Gasteiger partial charge in [-0.1, -0.05) is 18.2 Å². The van der Waals surface area contributed by atoms with Crippen molar-refractivity contribution in [3.8, 4) is 11.5 Å². The van der Waals surface area contributed by atoms with E-state index in [1.165, 1.54) is 5.69 Å². The van der Waals surface area contributed by atoms with Crippen LogP contribution in [-0.4, -0.2) is 27.3 Å². The maximum absolute atomic E-state index is 5.96. The third-order valence-electron chi connectivity index (χ3n) is 3.96. The fraction of sp³-hybridized carbons (Fsp3) is 0.368. The first-order valence-electron chi connectivity index (χ1n) is 8.00. The number of hydrogen-bond acceptors (Lipinski definition) is 4. The largest absolute Gasteiger partial charge is 0.493 e. The van der Waals surface area contributed by atoms with Crippen molar-refractivity contribution in [3.63, 3.8) is 0 Å². The van der Waals surface area contributed by atoms with Gasteiger partial charge in [0.2, 0.25) is 0 Å². The minimum absolute atomic E-state index is 0.693. The van der Waals surface area contributed by atoms with Crippen LogP contribution >= 0.6 is 0 Å². The quantitative estimate of drug-likeness (QED) is 0.754. The normalized spacial score (nSPS) is 10.4. The molecule has 4 heteroatoms. The van der Waals surface area contributed by atoms with Gasteiger partial charge in [-0.15, -0.1) is 0 Å². The van der Waals surface area contributed by atoms with E-state index < -0.39 is 0 Å². The second-order valence-electron chi connectivity index (χ2n) is 5.43. The van der Waals surface area contributed by atoms with Gasteiger partial charge < -0.3 is 20.1 Å². The standard InChI is InChI=1S/C19H26N2O2/c1-4-21(17-10-6-5-7-11-17)12-8-9-15-13-16(20)14-18(22-2)19(15)23-3/h5-7,10-11,13-14H,4,8-9,12,20H2,1-3H3. The predicted molar refractivity (Wildman–Crippen MR) is 96.6 cm³/mol. The Balaban J connectivity index is 2.04. The van der Waals surface area contributed by atoms with Gasteiger partial charge in [0.05, 0.1) is 14.2 Å². The molecule has 0 aromatic heterocycles. The highest BCUT2D eigenvalue weighted by molar-refractivity contribution is 5.57. The van der Waals surface area contributed by atoms with E-state index >= 15 is 0 Å². The third-order valence-corrected chi connectivity index (χ3v) is 3.96. The summed E-state index contributed by atoms with van der Waals surface area (Å²) in [6.45, 7) is 4.15. The van der Waals surface area contributed by atoms with E-state index in [1.807, 2.05) is 12.1 Å². The summed E-state index contributed by atoms with van der Waals surface area (Å²) in [4.78, 5) is 2.37. The third kappa shape index (κ3) is 4.31. The molecule has 0 unspecified atom stereocenters. The Kier molecular flexibility index (Phi) is 6.15. The van der Waals surface area contributed by atoms with Gasteiger partial charge in [0, 0.05) is 36.1 Å². The second-order valence-corrected chi connectivity index (χ2v) is 5.43. The zero-order valence-electron chi connectivity index (χ0n) is 14.2. The molecule has 2 N–H and O–H groups in total. The minimum atomic E-state index is 0.693. The van der Waals surface area contributed by atoms with Crippen molar-refractivity contribution in [3.05, 3.63) is 48.0 Å². The average Bonchev–Trinajstić information content (AvgIpc) is 2.59. The molecular weight excluding hydrogens is 288 g/mol. The number of ether oxygens (including phenoxy) is 2. The Morgan fingerprint density at radius 2 is 1.78 bits per heavy atom. The maximum atomic E-state index is 5.96. The molecule has 0 bridgehead atoms. The first-order valence-corrected chi connectivity index (χ1v) is 8.00. The molecule has 2 aromatic rings. The monoisotopic (exact) mass is 314 g/mol. The summed E-state index contributed by atoms with van der Waals surface area (Å²) >= 11 is 0. The lowest BCUT2D eigenvalue weighted by molar-refractivity contribution is 0.351. The van der Waals surface area contributed by atoms with E-state index in [9.17, 15) is 0 Å². The highest BCUT2D eigenvalue weighted by Gasteiger charge is 2.12. The van der Waals surface area contributed by atoms with Crippen LogP contribution in [0.3, 0.4) is 0 Å². The molecule has 0 saturated heterocycles. The molecule has 0 aliphatic rings. The van der Waals surface area contributed by atoms with Gasteiger partial charge in [0.1, 0.15) is 0 Å². The van der Waals surface area contributed by atoms with Crippen LogP contribution in [-0.2, 0) is 6.42 Å². The number of nitrogens with two attached hydrogens (primary N) is 1. The lowest BCUT2D eigenvalue weighted by Gasteiger charge is -2.23. The number of benzene rings is 2. The van der Waals surface area contributed by atoms with Crippen molar-refractivity contribution in [1.29, 1.82) is 0 Å². The van der Waals surface area contributed by atoms with Crippen LogP contribution in [0.1, 0.15) is 18.9 Å². The Morgan fingerprint density at radius 3 is 2.39 bits per heavy atom. The van der Waals surface area contributed by atoms with Crippen molar-refractivity contribution in [2.24, 2.45) is 0 Å². The SMILES string of the molecule is CCN(CCCc1cc(N)cc(OC)c1OC)c1ccccc1. The molecule has 23 heavy (non-hydrogen) atoms. The molecule has 0 aliphatic heterocycles. The van der Waals surface area contributed by atoms with Crippen LogP contribution < -0.4 is 20.1 Å². The second kappa shape index (κ2) is 8.32. The Morgan fingerprint density at radius 1 is 1.04 bits per heavy atom. The Hall–Kier alpha value is -2.36. The first kappa shape index (κ1) is 17.0. The molecule has 2 aromatic carbocycles. The summed E-state index contributed by atoms with van der Waals surface area (Å²) in [6, 6.07) is 14.3. The Labute approximate surface area is 138 Å². The summed E-state index contributed by atoms with van der Waals surface area (Å²) in [5.74, 6) is 1.47. The lowest BCUT2D eigenvalue weighted by Crippen LogP contribution is -2.24. The summed E-state index contributed by atoms with van der Waals surface area (Å²) in [7, 11) is 3.30. The van der Waals surface area contributed by atoms with Crippen LogP contribution in [0.4, 0.5) is 11.4 Å². The van der Waals surface area contributed by atoms with Crippen LogP contribution in [0, 0.1) is 0 Å². The average molecular weight is 314 g/mol. The number of rotatable bonds is 8. The zero-order chi connectivity index (χ0) is 16.7. The number of methoxy groups -OCH3 is 2. The van der Waals surface area contributed by atoms with Gasteiger partial charge in [-0.05, 0) is 38.0 Å². The van der Waals surface area contributed by atoms with Crippen molar-refractivity contribution >= 4 is 11.4 Å². The van der Waals surface area contributed by atoms with Gasteiger partial charge in [-0.3, -0.25) is 0 Å². The molecule has 2 rings (SSSR count). The summed E-state index contributed by atoms with van der Waals surface area (Å²) in [5, 5.41) is 0. The van der Waals surface area contributed by atoms with Crippen molar-refractivity contribution in [1.82, 2.24) is 0 Å². The van der Waals surface area contributed by atoms with Crippen molar-refractivity contribution in [2.45, 2.75) is 19.8 Å². The number of para-hydroxylation sites is 1. The Bertz CT molecular complexity index is 614. The fourth-order valence-corrected chi connectivity index (χ4v) is 2.82. The maximum Gasteiger partial charge on any atom is 0.164 e. The fourth-order valence-electron chi connectivity index (χ4n) is 2.82. The first-order chi connectivity index (χ1) is 11.2. The summed E-state index contributed by atoms with van der Waals surface area (Å²) in [6.07, 6.45) is 1.92. The lowest BCUT2D eigenvalue weighted by atomic mass is 10.1. The van der Waals surface area contributed by atoms with Gasteiger partial charge in [0.25, 0.3) is 0 Å². The number of hydrogen-bond donors (Lipinski definition) is 1. The van der Waals surface area contributed by atoms with Crippen LogP contribution in [0.25, 0.3) is 0 Å². The highest BCUT2D eigenvalue weighted by atomic mass is 16.5. The molecule has 0 spiro atoms. The van der Waals surface area contributed by atoms with Gasteiger partial charge in [-0.2, -0.15) is 0 Å². The van der Waals surface area contributed by atoms with Gasteiger partial charge in [0.15, 0.2) is 11.5 Å². The van der Waals surface area contributed by atoms with Crippen molar-refractivity contribution < 1.29 is 9.47 Å². The molecule has 0 aliphatic carbocycles. The van der Waals surface area contributed by atoms with E-state index in [0.29, 0.717) is 11.4 Å². The van der Waals surface area contributed by atoms with E-state index in [4.69, 9.17) is 15.2 Å².